The summed E-state index contributed by atoms with van der Waals surface area (Å²) in [4.78, 5) is 0. The van der Waals surface area contributed by atoms with Crippen molar-refractivity contribution in [2.75, 3.05) is 0 Å². The van der Waals surface area contributed by atoms with Crippen molar-refractivity contribution >= 4 is 32.1 Å². The van der Waals surface area contributed by atoms with Crippen LogP contribution in [0.5, 0.6) is 11.5 Å². The van der Waals surface area contributed by atoms with E-state index in [0.29, 0.717) is 11.1 Å². The molecular weight excluding hydrogens is 742 g/mol. The average Bonchev–Trinajstić information content (AvgIpc) is 3.74. The van der Waals surface area contributed by atoms with Gasteiger partial charge in [-0.2, -0.15) is 0 Å². The molecule has 15 heteroatoms. The van der Waals surface area contributed by atoms with E-state index < -0.39 is 80.0 Å². The summed E-state index contributed by atoms with van der Waals surface area (Å²) in [5, 5.41) is 0. The highest BCUT2D eigenvalue weighted by atomic mass is 32.2. The summed E-state index contributed by atoms with van der Waals surface area (Å²) in [7, 11) is -4.61. The predicted molar refractivity (Wildman–Crippen MR) is 176 cm³/mol. The SMILES string of the molecule is O=S(=O)(Cc1c(F)cc(C2=CCC=C2c2cccc(OC(F)(F)F)c2)cc1F)Cc1c(F)cc(C2=CCC=C2c2cccc(OC(F)(F)F)c2)cc1F. The molecule has 276 valence electrons. The first kappa shape index (κ1) is 37.4. The smallest absolute Gasteiger partial charge is 0.406 e. The number of ether oxygens (including phenoxy) is 2. The molecule has 2 aliphatic carbocycles. The number of sulfone groups is 1. The standard InChI is InChI=1S/C38H24F10O4S/c39-33-15-23(29-11-3-9-27(29)21-5-1-7-25(13-21)51-37(43,44)45)16-34(40)31(33)19-53(49,50)20-32-35(41)17-24(18-36(32)42)30-12-4-10-28(30)22-6-2-8-26(14-22)52-38(46,47)48/h1-2,5-18H,3-4,19-20H2. The average molecular weight is 767 g/mol. The third-order valence-corrected chi connectivity index (χ3v) is 9.72. The van der Waals surface area contributed by atoms with Crippen molar-refractivity contribution < 1.29 is 61.8 Å². The van der Waals surface area contributed by atoms with Crippen LogP contribution in [0.15, 0.2) is 97.1 Å². The van der Waals surface area contributed by atoms with Gasteiger partial charge in [0.2, 0.25) is 0 Å². The molecule has 0 aromatic heterocycles. The number of hydrogen-bond donors (Lipinski definition) is 0. The van der Waals surface area contributed by atoms with Gasteiger partial charge in [-0.3, -0.25) is 0 Å². The Hall–Kier alpha value is -5.31. The Bertz CT molecular complexity index is 2130. The lowest BCUT2D eigenvalue weighted by atomic mass is 9.94. The summed E-state index contributed by atoms with van der Waals surface area (Å²) in [6.07, 6.45) is -2.94. The van der Waals surface area contributed by atoms with Gasteiger partial charge in [0.1, 0.15) is 34.8 Å². The van der Waals surface area contributed by atoms with Gasteiger partial charge in [0.05, 0.1) is 11.5 Å². The normalized spacial score (nSPS) is 14.8. The minimum absolute atomic E-state index is 0.0334. The maximum atomic E-state index is 15.4. The molecule has 0 atom stereocenters. The molecule has 0 heterocycles. The summed E-state index contributed by atoms with van der Waals surface area (Å²) in [5.41, 5.74) is -0.0811. The first-order valence-electron chi connectivity index (χ1n) is 15.6. The summed E-state index contributed by atoms with van der Waals surface area (Å²) in [6, 6.07) is 13.4. The largest absolute Gasteiger partial charge is 0.573 e. The van der Waals surface area contributed by atoms with Gasteiger partial charge in [0.25, 0.3) is 0 Å². The molecule has 2 aliphatic rings. The van der Waals surface area contributed by atoms with Gasteiger partial charge in [0, 0.05) is 11.1 Å². The topological polar surface area (TPSA) is 52.6 Å². The molecule has 0 bridgehead atoms. The van der Waals surface area contributed by atoms with Crippen molar-refractivity contribution in [2.45, 2.75) is 37.1 Å². The van der Waals surface area contributed by atoms with Crippen LogP contribution in [0, 0.1) is 23.3 Å². The van der Waals surface area contributed by atoms with Crippen molar-refractivity contribution in [3.05, 3.63) is 154 Å². The zero-order chi connectivity index (χ0) is 38.3. The number of rotatable bonds is 10. The summed E-state index contributed by atoms with van der Waals surface area (Å²) >= 11 is 0. The molecule has 0 saturated carbocycles. The van der Waals surface area contributed by atoms with E-state index in [1.165, 1.54) is 24.3 Å². The summed E-state index contributed by atoms with van der Waals surface area (Å²) < 4.78 is 172. The fourth-order valence-corrected chi connectivity index (χ4v) is 7.66. The van der Waals surface area contributed by atoms with E-state index in [9.17, 15) is 34.8 Å². The Morgan fingerprint density at radius 2 is 0.811 bits per heavy atom. The molecule has 6 rings (SSSR count). The molecule has 0 radical (unpaired) electrons. The van der Waals surface area contributed by atoms with E-state index in [-0.39, 0.29) is 46.2 Å². The highest BCUT2D eigenvalue weighted by Gasteiger charge is 2.33. The van der Waals surface area contributed by atoms with Gasteiger partial charge >= 0.3 is 12.7 Å². The molecule has 53 heavy (non-hydrogen) atoms. The number of alkyl halides is 6. The maximum absolute atomic E-state index is 15.4. The van der Waals surface area contributed by atoms with Crippen LogP contribution >= 0.6 is 0 Å². The monoisotopic (exact) mass is 766 g/mol. The first-order chi connectivity index (χ1) is 24.9. The Labute approximate surface area is 295 Å². The number of halogens is 10. The van der Waals surface area contributed by atoms with Gasteiger partial charge in [-0.25, -0.2) is 26.0 Å². The maximum Gasteiger partial charge on any atom is 0.573 e. The van der Waals surface area contributed by atoms with Crippen molar-refractivity contribution in [3.8, 4) is 11.5 Å². The fraction of sp³-hybridized carbons (Fsp3) is 0.158. The van der Waals surface area contributed by atoms with Crippen LogP contribution in [0.25, 0.3) is 22.3 Å². The number of benzene rings is 4. The van der Waals surface area contributed by atoms with Crippen LogP contribution in [0.2, 0.25) is 0 Å². The lowest BCUT2D eigenvalue weighted by Crippen LogP contribution is -2.17. The quantitative estimate of drug-likeness (QED) is 0.151. The molecule has 0 saturated heterocycles. The van der Waals surface area contributed by atoms with E-state index in [2.05, 4.69) is 9.47 Å². The molecule has 0 aliphatic heterocycles. The fourth-order valence-electron chi connectivity index (χ4n) is 6.13. The lowest BCUT2D eigenvalue weighted by Gasteiger charge is -2.15. The molecule has 0 spiro atoms. The predicted octanol–water partition coefficient (Wildman–Crippen LogP) is 10.9. The molecule has 4 aromatic rings. The molecule has 0 fully saturated rings. The van der Waals surface area contributed by atoms with Crippen molar-refractivity contribution in [1.29, 1.82) is 0 Å². The lowest BCUT2D eigenvalue weighted by molar-refractivity contribution is -0.275. The Morgan fingerprint density at radius 3 is 1.13 bits per heavy atom. The van der Waals surface area contributed by atoms with Crippen LogP contribution in [0.3, 0.4) is 0 Å². The Balaban J connectivity index is 1.19. The highest BCUT2D eigenvalue weighted by molar-refractivity contribution is 7.89. The van der Waals surface area contributed by atoms with E-state index >= 15 is 17.6 Å². The van der Waals surface area contributed by atoms with Crippen LogP contribution in [-0.4, -0.2) is 21.1 Å². The van der Waals surface area contributed by atoms with Gasteiger partial charge in [-0.15, -0.1) is 26.3 Å². The Kier molecular flexibility index (Phi) is 10.1. The molecule has 4 aromatic carbocycles. The molecule has 0 amide bonds. The van der Waals surface area contributed by atoms with Crippen molar-refractivity contribution in [3.63, 3.8) is 0 Å². The van der Waals surface area contributed by atoms with Crippen LogP contribution < -0.4 is 9.47 Å². The minimum atomic E-state index is -4.95. The van der Waals surface area contributed by atoms with Crippen LogP contribution in [0.4, 0.5) is 43.9 Å². The number of allylic oxidation sites excluding steroid dienone is 8. The van der Waals surface area contributed by atoms with Crippen LogP contribution in [-0.2, 0) is 21.3 Å². The second kappa shape index (κ2) is 14.3. The zero-order valence-electron chi connectivity index (χ0n) is 26.9. The molecule has 4 nitrogen and oxygen atoms in total. The highest BCUT2D eigenvalue weighted by Crippen LogP contribution is 2.41. The van der Waals surface area contributed by atoms with E-state index in [1.54, 1.807) is 24.3 Å². The van der Waals surface area contributed by atoms with Gasteiger partial charge in [-0.05, 0) is 106 Å². The molecule has 0 unspecified atom stereocenters. The summed E-state index contributed by atoms with van der Waals surface area (Å²) in [5.74, 6) is -8.67. The van der Waals surface area contributed by atoms with Gasteiger partial charge in [0.15, 0.2) is 9.84 Å². The van der Waals surface area contributed by atoms with Crippen molar-refractivity contribution in [1.82, 2.24) is 0 Å². The second-order valence-electron chi connectivity index (χ2n) is 12.0. The van der Waals surface area contributed by atoms with Gasteiger partial charge < -0.3 is 9.47 Å². The van der Waals surface area contributed by atoms with E-state index in [1.807, 2.05) is 0 Å². The summed E-state index contributed by atoms with van der Waals surface area (Å²) in [6.45, 7) is 0. The van der Waals surface area contributed by atoms with Gasteiger partial charge in [-0.1, -0.05) is 48.6 Å². The van der Waals surface area contributed by atoms with Crippen LogP contribution in [0.1, 0.15) is 46.2 Å². The first-order valence-corrected chi connectivity index (χ1v) is 17.4. The third-order valence-electron chi connectivity index (χ3n) is 8.26. The minimum Gasteiger partial charge on any atom is -0.406 e. The number of hydrogen-bond acceptors (Lipinski definition) is 4. The zero-order valence-corrected chi connectivity index (χ0v) is 27.7. The van der Waals surface area contributed by atoms with E-state index in [4.69, 9.17) is 0 Å². The van der Waals surface area contributed by atoms with Crippen molar-refractivity contribution in [2.24, 2.45) is 0 Å². The third kappa shape index (κ3) is 8.84. The molecular formula is C38H24F10O4S. The second-order valence-corrected chi connectivity index (χ2v) is 14.0. The van der Waals surface area contributed by atoms with E-state index in [0.717, 1.165) is 48.5 Å². The Morgan fingerprint density at radius 1 is 0.491 bits per heavy atom. The molecule has 0 N–H and O–H groups in total.